The maximum absolute atomic E-state index is 11.9. The molecule has 7 nitrogen and oxygen atoms in total. The van der Waals surface area contributed by atoms with Crippen molar-refractivity contribution in [1.29, 1.82) is 0 Å². The van der Waals surface area contributed by atoms with Gasteiger partial charge in [-0.15, -0.1) is 0 Å². The second-order valence-electron chi connectivity index (χ2n) is 4.59. The summed E-state index contributed by atoms with van der Waals surface area (Å²) in [6.07, 6.45) is 0. The minimum absolute atomic E-state index is 0.112. The average molecular weight is 301 g/mol. The van der Waals surface area contributed by atoms with Gasteiger partial charge in [0.15, 0.2) is 15.6 Å². The van der Waals surface area contributed by atoms with E-state index in [0.717, 1.165) is 24.3 Å². The van der Waals surface area contributed by atoms with Gasteiger partial charge in [0.1, 0.15) is 0 Å². The normalized spacial score (nSPS) is 11.3. The number of nitro benzene ring substituents is 1. The second-order valence-corrected chi connectivity index (χ2v) is 6.58. The van der Waals surface area contributed by atoms with E-state index in [4.69, 9.17) is 4.74 Å². The molecule has 0 fully saturated rings. The third-order valence-electron chi connectivity index (χ3n) is 2.29. The summed E-state index contributed by atoms with van der Waals surface area (Å²) in [6, 6.07) is 4.35. The van der Waals surface area contributed by atoms with Crippen LogP contribution in [0.1, 0.15) is 13.8 Å². The summed E-state index contributed by atoms with van der Waals surface area (Å²) in [5.74, 6) is -1.50. The summed E-state index contributed by atoms with van der Waals surface area (Å²) in [4.78, 5) is 21.1. The molecule has 0 N–H and O–H groups in total. The highest BCUT2D eigenvalue weighted by atomic mass is 32.2. The van der Waals surface area contributed by atoms with Crippen LogP contribution < -0.4 is 0 Å². The number of hydrogen-bond acceptors (Lipinski definition) is 6. The molecule has 20 heavy (non-hydrogen) atoms. The van der Waals surface area contributed by atoms with Crippen molar-refractivity contribution in [2.75, 3.05) is 12.4 Å². The smallest absolute Gasteiger partial charge is 0.321 e. The van der Waals surface area contributed by atoms with Crippen LogP contribution in [0.25, 0.3) is 0 Å². The van der Waals surface area contributed by atoms with Gasteiger partial charge in [-0.1, -0.05) is 13.8 Å². The minimum Gasteiger partial charge on any atom is -0.465 e. The van der Waals surface area contributed by atoms with Crippen molar-refractivity contribution in [3.05, 3.63) is 34.4 Å². The Morgan fingerprint density at radius 2 is 1.85 bits per heavy atom. The first-order valence-electron chi connectivity index (χ1n) is 5.85. The Balaban J connectivity index is 2.78. The summed E-state index contributed by atoms with van der Waals surface area (Å²) in [6.45, 7) is 3.81. The summed E-state index contributed by atoms with van der Waals surface area (Å²) < 4.78 is 28.6. The molecule has 110 valence electrons. The Hall–Kier alpha value is -1.96. The van der Waals surface area contributed by atoms with Gasteiger partial charge in [-0.3, -0.25) is 14.9 Å². The molecule has 0 aliphatic carbocycles. The standard InChI is InChI=1S/C12H15NO6S/c1-9(2)7-19-12(14)8-20(17,18)11-5-3-10(4-6-11)13(15)16/h3-6,9H,7-8H2,1-2H3. The number of carbonyl (C=O) groups is 1. The van der Waals surface area contributed by atoms with Crippen molar-refractivity contribution in [1.82, 2.24) is 0 Å². The number of nitro groups is 1. The second kappa shape index (κ2) is 6.47. The molecular formula is C12H15NO6S. The molecule has 0 aliphatic heterocycles. The van der Waals surface area contributed by atoms with E-state index in [1.165, 1.54) is 0 Å². The van der Waals surface area contributed by atoms with E-state index in [2.05, 4.69) is 0 Å². The average Bonchev–Trinajstić information content (AvgIpc) is 2.36. The fourth-order valence-electron chi connectivity index (χ4n) is 1.31. The lowest BCUT2D eigenvalue weighted by atomic mass is 10.2. The first-order valence-corrected chi connectivity index (χ1v) is 7.50. The van der Waals surface area contributed by atoms with Gasteiger partial charge in [-0.25, -0.2) is 8.42 Å². The van der Waals surface area contributed by atoms with Crippen LogP contribution in [0.4, 0.5) is 5.69 Å². The zero-order valence-corrected chi connectivity index (χ0v) is 11.9. The van der Waals surface area contributed by atoms with E-state index in [1.54, 1.807) is 0 Å². The van der Waals surface area contributed by atoms with Crippen molar-refractivity contribution in [2.24, 2.45) is 5.92 Å². The molecule has 0 aromatic heterocycles. The highest BCUT2D eigenvalue weighted by Crippen LogP contribution is 2.17. The van der Waals surface area contributed by atoms with E-state index >= 15 is 0 Å². The lowest BCUT2D eigenvalue weighted by molar-refractivity contribution is -0.384. The third kappa shape index (κ3) is 4.61. The molecule has 0 bridgehead atoms. The molecular weight excluding hydrogens is 286 g/mol. The number of non-ortho nitro benzene ring substituents is 1. The van der Waals surface area contributed by atoms with Gasteiger partial charge in [0.25, 0.3) is 5.69 Å². The van der Waals surface area contributed by atoms with Crippen molar-refractivity contribution in [3.8, 4) is 0 Å². The summed E-state index contributed by atoms with van der Waals surface area (Å²) in [5, 5.41) is 10.5. The van der Waals surface area contributed by atoms with Gasteiger partial charge < -0.3 is 4.74 Å². The van der Waals surface area contributed by atoms with E-state index in [0.29, 0.717) is 0 Å². The van der Waals surface area contributed by atoms with E-state index in [1.807, 2.05) is 13.8 Å². The molecule has 1 rings (SSSR count). The maximum Gasteiger partial charge on any atom is 0.321 e. The van der Waals surface area contributed by atoms with Crippen LogP contribution in [0.5, 0.6) is 0 Å². The topological polar surface area (TPSA) is 104 Å². The first-order chi connectivity index (χ1) is 9.22. The number of ether oxygens (including phenoxy) is 1. The van der Waals surface area contributed by atoms with Crippen molar-refractivity contribution in [3.63, 3.8) is 0 Å². The van der Waals surface area contributed by atoms with Crippen LogP contribution in [0, 0.1) is 16.0 Å². The van der Waals surface area contributed by atoms with Crippen LogP contribution in [-0.2, 0) is 19.4 Å². The first kappa shape index (κ1) is 16.1. The number of hydrogen-bond donors (Lipinski definition) is 0. The molecule has 0 aliphatic rings. The van der Waals surface area contributed by atoms with Crippen molar-refractivity contribution < 1.29 is 22.9 Å². The zero-order valence-electron chi connectivity index (χ0n) is 11.1. The van der Waals surface area contributed by atoms with Crippen molar-refractivity contribution in [2.45, 2.75) is 18.7 Å². The summed E-state index contributed by atoms with van der Waals surface area (Å²) in [5.41, 5.74) is -0.216. The molecule has 0 amide bonds. The summed E-state index contributed by atoms with van der Waals surface area (Å²) >= 11 is 0. The van der Waals surface area contributed by atoms with Crippen LogP contribution in [-0.4, -0.2) is 31.7 Å². The molecule has 0 unspecified atom stereocenters. The fraction of sp³-hybridized carbons (Fsp3) is 0.417. The largest absolute Gasteiger partial charge is 0.465 e. The molecule has 0 saturated heterocycles. The fourth-order valence-corrected chi connectivity index (χ4v) is 2.43. The number of benzene rings is 1. The van der Waals surface area contributed by atoms with Gasteiger partial charge in [0.05, 0.1) is 16.4 Å². The number of esters is 1. The minimum atomic E-state index is -3.85. The Morgan fingerprint density at radius 3 is 2.30 bits per heavy atom. The predicted octanol–water partition coefficient (Wildman–Crippen LogP) is 1.57. The van der Waals surface area contributed by atoms with Crippen LogP contribution >= 0.6 is 0 Å². The summed E-state index contributed by atoms with van der Waals surface area (Å²) in [7, 11) is -3.85. The molecule has 1 aromatic carbocycles. The van der Waals surface area contributed by atoms with Gasteiger partial charge in [-0.05, 0) is 18.1 Å². The number of sulfone groups is 1. The highest BCUT2D eigenvalue weighted by molar-refractivity contribution is 7.92. The quantitative estimate of drug-likeness (QED) is 0.449. The Kier molecular flexibility index (Phi) is 5.20. The Labute approximate surface area is 116 Å². The predicted molar refractivity (Wildman–Crippen MR) is 70.9 cm³/mol. The SMILES string of the molecule is CC(C)COC(=O)CS(=O)(=O)c1ccc([N+](=O)[O-])cc1. The maximum atomic E-state index is 11.9. The molecule has 8 heteroatoms. The van der Waals surface area contributed by atoms with E-state index < -0.39 is 26.5 Å². The van der Waals surface area contributed by atoms with Crippen LogP contribution in [0.2, 0.25) is 0 Å². The number of carbonyl (C=O) groups excluding carboxylic acids is 1. The van der Waals surface area contributed by atoms with Gasteiger partial charge >= 0.3 is 5.97 Å². The van der Waals surface area contributed by atoms with Gasteiger partial charge in [-0.2, -0.15) is 0 Å². The monoisotopic (exact) mass is 301 g/mol. The number of rotatable bonds is 6. The zero-order chi connectivity index (χ0) is 15.3. The van der Waals surface area contributed by atoms with Crippen LogP contribution in [0.15, 0.2) is 29.2 Å². The number of nitrogens with zero attached hydrogens (tertiary/aromatic N) is 1. The molecule has 0 atom stereocenters. The van der Waals surface area contributed by atoms with Crippen LogP contribution in [0.3, 0.4) is 0 Å². The third-order valence-corrected chi connectivity index (χ3v) is 3.90. The lowest BCUT2D eigenvalue weighted by Gasteiger charge is -2.07. The molecule has 0 heterocycles. The van der Waals surface area contributed by atoms with Crippen molar-refractivity contribution >= 4 is 21.5 Å². The van der Waals surface area contributed by atoms with E-state index in [9.17, 15) is 23.3 Å². The Morgan fingerprint density at radius 1 is 1.30 bits per heavy atom. The molecule has 0 radical (unpaired) electrons. The van der Waals surface area contributed by atoms with Gasteiger partial charge in [0.2, 0.25) is 0 Å². The van der Waals surface area contributed by atoms with E-state index in [-0.39, 0.29) is 23.1 Å². The molecule has 0 saturated carbocycles. The molecule has 0 spiro atoms. The molecule has 1 aromatic rings. The van der Waals surface area contributed by atoms with Gasteiger partial charge in [0, 0.05) is 12.1 Å². The highest BCUT2D eigenvalue weighted by Gasteiger charge is 2.21. The lowest BCUT2D eigenvalue weighted by Crippen LogP contribution is -2.20. The Bertz CT molecular complexity index is 591.